The monoisotopic (exact) mass is 406 g/mol. The smallest absolute Gasteiger partial charge is 0.234 e. The Labute approximate surface area is 161 Å². The van der Waals surface area contributed by atoms with Crippen LogP contribution in [0.15, 0.2) is 22.5 Å². The Morgan fingerprint density at radius 2 is 2.15 bits per heavy atom. The summed E-state index contributed by atoms with van der Waals surface area (Å²) >= 11 is 3.75. The first-order chi connectivity index (χ1) is 12.6. The Balaban J connectivity index is 1.37. The van der Waals surface area contributed by atoms with Crippen molar-refractivity contribution in [3.63, 3.8) is 0 Å². The van der Waals surface area contributed by atoms with E-state index >= 15 is 0 Å². The number of amides is 2. The maximum absolute atomic E-state index is 12.2. The Morgan fingerprint density at radius 3 is 2.92 bits per heavy atom. The first kappa shape index (κ1) is 17.3. The first-order valence-electron chi connectivity index (χ1n) is 7.89. The molecule has 2 heterocycles. The molecule has 0 aliphatic heterocycles. The number of benzene rings is 1. The minimum atomic E-state index is -0.155. The summed E-state index contributed by atoms with van der Waals surface area (Å²) in [5, 5.41) is 11.6. The standard InChI is InChI=1S/C15H14N6O2S3/c1-8(22)21(9-5-6-9)14-17-18-15(25-14)24-7-12(23)16-10-3-2-4-11-13(10)20-26-19-11/h2-4,9H,5-7H2,1H3,(H,16,23). The highest BCUT2D eigenvalue weighted by Crippen LogP contribution is 2.35. The molecule has 2 aromatic heterocycles. The first-order valence-corrected chi connectivity index (χ1v) is 10.4. The van der Waals surface area contributed by atoms with Crippen molar-refractivity contribution in [1.82, 2.24) is 18.9 Å². The summed E-state index contributed by atoms with van der Waals surface area (Å²) in [5.74, 6) is 0.0206. The molecule has 0 atom stereocenters. The highest BCUT2D eigenvalue weighted by Gasteiger charge is 2.34. The van der Waals surface area contributed by atoms with Crippen LogP contribution < -0.4 is 10.2 Å². The quantitative estimate of drug-likeness (QED) is 0.496. The molecule has 1 aliphatic carbocycles. The molecule has 8 nitrogen and oxygen atoms in total. The molecule has 0 saturated heterocycles. The molecule has 0 unspecified atom stereocenters. The molecule has 3 aromatic rings. The van der Waals surface area contributed by atoms with E-state index in [-0.39, 0.29) is 23.6 Å². The summed E-state index contributed by atoms with van der Waals surface area (Å²) in [4.78, 5) is 25.7. The SMILES string of the molecule is CC(=O)N(c1nnc(SCC(=O)Nc2cccc3nsnc23)s1)C1CC1. The van der Waals surface area contributed by atoms with E-state index < -0.39 is 0 Å². The van der Waals surface area contributed by atoms with Crippen molar-refractivity contribution in [1.29, 1.82) is 0 Å². The summed E-state index contributed by atoms with van der Waals surface area (Å²) in [7, 11) is 0. The Morgan fingerprint density at radius 1 is 1.31 bits per heavy atom. The molecule has 1 N–H and O–H groups in total. The molecule has 1 saturated carbocycles. The minimum Gasteiger partial charge on any atom is -0.323 e. The lowest BCUT2D eigenvalue weighted by molar-refractivity contribution is -0.116. The van der Waals surface area contributed by atoms with Crippen molar-refractivity contribution in [2.45, 2.75) is 30.1 Å². The number of aromatic nitrogens is 4. The lowest BCUT2D eigenvalue weighted by atomic mass is 10.2. The number of carbonyl (C=O) groups is 2. The van der Waals surface area contributed by atoms with Crippen LogP contribution in [-0.2, 0) is 9.59 Å². The van der Waals surface area contributed by atoms with Crippen molar-refractivity contribution in [2.24, 2.45) is 0 Å². The summed E-state index contributed by atoms with van der Waals surface area (Å²) in [6.07, 6.45) is 2.00. The zero-order valence-corrected chi connectivity index (χ0v) is 16.2. The van der Waals surface area contributed by atoms with Crippen LogP contribution in [-0.4, -0.2) is 42.6 Å². The van der Waals surface area contributed by atoms with Gasteiger partial charge in [-0.3, -0.25) is 14.5 Å². The second kappa shape index (κ2) is 7.25. The predicted molar refractivity (Wildman–Crippen MR) is 103 cm³/mol. The Hall–Kier alpha value is -2.11. The summed E-state index contributed by atoms with van der Waals surface area (Å²) in [6, 6.07) is 5.73. The van der Waals surface area contributed by atoms with Crippen LogP contribution in [0.3, 0.4) is 0 Å². The second-order valence-electron chi connectivity index (χ2n) is 5.75. The van der Waals surface area contributed by atoms with Gasteiger partial charge in [-0.1, -0.05) is 29.2 Å². The third kappa shape index (κ3) is 3.69. The van der Waals surface area contributed by atoms with Crippen molar-refractivity contribution < 1.29 is 9.59 Å². The number of nitrogens with zero attached hydrogens (tertiary/aromatic N) is 5. The van der Waals surface area contributed by atoms with Gasteiger partial charge in [0.2, 0.25) is 16.9 Å². The summed E-state index contributed by atoms with van der Waals surface area (Å²) < 4.78 is 9.02. The molecule has 134 valence electrons. The fraction of sp³-hybridized carbons (Fsp3) is 0.333. The molecule has 2 amide bonds. The van der Waals surface area contributed by atoms with Gasteiger partial charge in [-0.2, -0.15) is 8.75 Å². The third-order valence-electron chi connectivity index (χ3n) is 3.74. The average molecular weight is 407 g/mol. The lowest BCUT2D eigenvalue weighted by Gasteiger charge is -2.15. The van der Waals surface area contributed by atoms with Crippen LogP contribution in [0.4, 0.5) is 10.8 Å². The number of anilines is 2. The fourth-order valence-corrected chi connectivity index (χ4v) is 4.77. The van der Waals surface area contributed by atoms with Gasteiger partial charge in [-0.05, 0) is 25.0 Å². The lowest BCUT2D eigenvalue weighted by Crippen LogP contribution is -2.30. The van der Waals surface area contributed by atoms with E-state index in [0.29, 0.717) is 20.7 Å². The molecule has 0 radical (unpaired) electrons. The van der Waals surface area contributed by atoms with Crippen LogP contribution in [0.5, 0.6) is 0 Å². The van der Waals surface area contributed by atoms with Crippen molar-refractivity contribution >= 4 is 68.5 Å². The van der Waals surface area contributed by atoms with E-state index in [1.807, 2.05) is 12.1 Å². The van der Waals surface area contributed by atoms with Gasteiger partial charge in [0.05, 0.1) is 23.2 Å². The van der Waals surface area contributed by atoms with E-state index in [1.165, 1.54) is 30.0 Å². The van der Waals surface area contributed by atoms with Gasteiger partial charge >= 0.3 is 0 Å². The summed E-state index contributed by atoms with van der Waals surface area (Å²) in [5.41, 5.74) is 2.10. The number of fused-ring (bicyclic) bond motifs is 1. The van der Waals surface area contributed by atoms with Crippen molar-refractivity contribution in [3.05, 3.63) is 18.2 Å². The number of carbonyl (C=O) groups excluding carboxylic acids is 2. The van der Waals surface area contributed by atoms with E-state index in [9.17, 15) is 9.59 Å². The summed E-state index contributed by atoms with van der Waals surface area (Å²) in [6.45, 7) is 1.54. The number of hydrogen-bond acceptors (Lipinski definition) is 9. The molecule has 1 aliphatic rings. The zero-order valence-electron chi connectivity index (χ0n) is 13.7. The number of rotatable bonds is 6. The van der Waals surface area contributed by atoms with Gasteiger partial charge in [0.25, 0.3) is 0 Å². The molecule has 11 heteroatoms. The van der Waals surface area contributed by atoms with Gasteiger partial charge < -0.3 is 5.32 Å². The number of thioether (sulfide) groups is 1. The Bertz CT molecular complexity index is 967. The van der Waals surface area contributed by atoms with Crippen molar-refractivity contribution in [2.75, 3.05) is 16.0 Å². The molecular weight excluding hydrogens is 392 g/mol. The molecule has 4 rings (SSSR count). The number of nitrogens with one attached hydrogen (secondary N) is 1. The minimum absolute atomic E-state index is 0.0251. The largest absolute Gasteiger partial charge is 0.323 e. The average Bonchev–Trinajstić information content (AvgIpc) is 3.13. The van der Waals surface area contributed by atoms with Gasteiger partial charge in [0.1, 0.15) is 11.0 Å². The van der Waals surface area contributed by atoms with Crippen LogP contribution in [0.1, 0.15) is 19.8 Å². The topological polar surface area (TPSA) is 101 Å². The van der Waals surface area contributed by atoms with Gasteiger partial charge in [-0.25, -0.2) is 0 Å². The van der Waals surface area contributed by atoms with E-state index in [4.69, 9.17) is 0 Å². The maximum Gasteiger partial charge on any atom is 0.234 e. The van der Waals surface area contributed by atoms with Gasteiger partial charge in [-0.15, -0.1) is 10.2 Å². The predicted octanol–water partition coefficient (Wildman–Crippen LogP) is 2.79. The van der Waals surface area contributed by atoms with E-state index in [2.05, 4.69) is 24.3 Å². The van der Waals surface area contributed by atoms with E-state index in [1.54, 1.807) is 11.0 Å². The highest BCUT2D eigenvalue weighted by atomic mass is 32.2. The molecule has 1 aromatic carbocycles. The fourth-order valence-electron chi connectivity index (χ4n) is 2.46. The number of hydrogen-bond donors (Lipinski definition) is 1. The third-order valence-corrected chi connectivity index (χ3v) is 6.34. The van der Waals surface area contributed by atoms with Crippen LogP contribution in [0.2, 0.25) is 0 Å². The zero-order chi connectivity index (χ0) is 18.1. The molecular formula is C15H14N6O2S3. The Kier molecular flexibility index (Phi) is 4.83. The van der Waals surface area contributed by atoms with Crippen LogP contribution >= 0.6 is 34.8 Å². The highest BCUT2D eigenvalue weighted by molar-refractivity contribution is 8.01. The van der Waals surface area contributed by atoms with Crippen LogP contribution in [0, 0.1) is 0 Å². The molecule has 1 fully saturated rings. The van der Waals surface area contributed by atoms with Crippen LogP contribution in [0.25, 0.3) is 11.0 Å². The maximum atomic E-state index is 12.2. The molecule has 26 heavy (non-hydrogen) atoms. The molecule has 0 bridgehead atoms. The van der Waals surface area contributed by atoms with E-state index in [0.717, 1.165) is 30.1 Å². The van der Waals surface area contributed by atoms with Crippen molar-refractivity contribution in [3.8, 4) is 0 Å². The molecule has 0 spiro atoms. The van der Waals surface area contributed by atoms with Gasteiger partial charge in [0, 0.05) is 13.0 Å². The normalized spacial score (nSPS) is 13.7. The van der Waals surface area contributed by atoms with Gasteiger partial charge in [0.15, 0.2) is 4.34 Å². The second-order valence-corrected chi connectivity index (χ2v) is 8.45.